The molecule has 6 nitrogen and oxygen atoms in total. The molecule has 0 bridgehead atoms. The van der Waals surface area contributed by atoms with E-state index in [1.165, 1.54) is 15.6 Å². The normalized spacial score (nSPS) is 10.0. The lowest BCUT2D eigenvalue weighted by molar-refractivity contribution is 0.644. The Kier molecular flexibility index (Phi) is 2.52. The number of aromatic nitrogens is 4. The lowest BCUT2D eigenvalue weighted by Gasteiger charge is -2.01. The molecule has 0 radical (unpaired) electrons. The highest BCUT2D eigenvalue weighted by Crippen LogP contribution is 2.04. The molecule has 2 heterocycles. The molecule has 16 heavy (non-hydrogen) atoms. The summed E-state index contributed by atoms with van der Waals surface area (Å²) in [5.41, 5.74) is 0.790. The number of nitrogens with zero attached hydrogens (tertiary/aromatic N) is 5. The van der Waals surface area contributed by atoms with Crippen LogP contribution in [-0.4, -0.2) is 19.3 Å². The highest BCUT2D eigenvalue weighted by molar-refractivity contribution is 5.30. The van der Waals surface area contributed by atoms with Gasteiger partial charge in [0.1, 0.15) is 18.1 Å². The van der Waals surface area contributed by atoms with Gasteiger partial charge in [-0.2, -0.15) is 10.4 Å². The second-order valence-electron chi connectivity index (χ2n) is 3.31. The Bertz CT molecular complexity index is 604. The topological polar surface area (TPSA) is 76.5 Å². The van der Waals surface area contributed by atoms with Crippen LogP contribution in [0.2, 0.25) is 0 Å². The number of pyridine rings is 1. The minimum Gasteiger partial charge on any atom is -0.285 e. The molecule has 0 fully saturated rings. The van der Waals surface area contributed by atoms with Gasteiger partial charge in [-0.1, -0.05) is 6.07 Å². The van der Waals surface area contributed by atoms with Gasteiger partial charge in [0.15, 0.2) is 0 Å². The van der Waals surface area contributed by atoms with Gasteiger partial charge in [0.05, 0.1) is 6.54 Å². The van der Waals surface area contributed by atoms with Crippen LogP contribution in [-0.2, 0) is 13.6 Å². The van der Waals surface area contributed by atoms with Crippen molar-refractivity contribution in [2.45, 2.75) is 6.54 Å². The zero-order valence-corrected chi connectivity index (χ0v) is 8.66. The summed E-state index contributed by atoms with van der Waals surface area (Å²) in [4.78, 5) is 15.5. The first kappa shape index (κ1) is 10.1. The van der Waals surface area contributed by atoms with E-state index in [1.807, 2.05) is 6.07 Å². The van der Waals surface area contributed by atoms with Crippen LogP contribution in [0.5, 0.6) is 0 Å². The maximum atomic E-state index is 11.5. The van der Waals surface area contributed by atoms with E-state index >= 15 is 0 Å². The Balaban J connectivity index is 2.39. The van der Waals surface area contributed by atoms with Crippen molar-refractivity contribution >= 4 is 0 Å². The van der Waals surface area contributed by atoms with Crippen LogP contribution in [0.1, 0.15) is 11.3 Å². The smallest absolute Gasteiger partial charge is 0.285 e. The van der Waals surface area contributed by atoms with Gasteiger partial charge in [0, 0.05) is 18.8 Å². The maximum absolute atomic E-state index is 11.5. The third kappa shape index (κ3) is 1.70. The second kappa shape index (κ2) is 3.98. The molecular formula is C10H9N5O. The van der Waals surface area contributed by atoms with E-state index in [1.54, 1.807) is 25.4 Å². The molecule has 0 unspecified atom stereocenters. The summed E-state index contributed by atoms with van der Waals surface area (Å²) >= 11 is 0. The van der Waals surface area contributed by atoms with E-state index in [0.717, 1.165) is 0 Å². The molecule has 0 saturated carbocycles. The molecule has 0 atom stereocenters. The predicted molar refractivity (Wildman–Crippen MR) is 55.5 cm³/mol. The molecule has 0 aliphatic rings. The molecule has 0 N–H and O–H groups in total. The number of nitriles is 1. The molecule has 0 amide bonds. The summed E-state index contributed by atoms with van der Waals surface area (Å²) in [5, 5.41) is 12.8. The molecule has 6 heteroatoms. The molecule has 0 aliphatic carbocycles. The Morgan fingerprint density at radius 1 is 1.56 bits per heavy atom. The largest absolute Gasteiger partial charge is 0.345 e. The number of hydrogen-bond acceptors (Lipinski definition) is 4. The molecule has 2 aromatic rings. The SMILES string of the molecule is Cn1cnn(Cc2cccnc2C#N)c1=O. The van der Waals surface area contributed by atoms with Crippen molar-refractivity contribution in [3.63, 3.8) is 0 Å². The molecule has 0 aliphatic heterocycles. The van der Waals surface area contributed by atoms with Crippen molar-refractivity contribution in [2.24, 2.45) is 7.05 Å². The Labute approximate surface area is 91.4 Å². The highest BCUT2D eigenvalue weighted by Gasteiger charge is 2.06. The molecule has 2 aromatic heterocycles. The quantitative estimate of drug-likeness (QED) is 0.700. The van der Waals surface area contributed by atoms with Crippen molar-refractivity contribution in [1.82, 2.24) is 19.3 Å². The first-order chi connectivity index (χ1) is 7.72. The predicted octanol–water partition coefficient (Wildman–Crippen LogP) is -0.103. The monoisotopic (exact) mass is 215 g/mol. The van der Waals surface area contributed by atoms with E-state index in [2.05, 4.69) is 10.1 Å². The molecule has 0 saturated heterocycles. The van der Waals surface area contributed by atoms with E-state index < -0.39 is 0 Å². The number of aryl methyl sites for hydroxylation is 1. The van der Waals surface area contributed by atoms with Gasteiger partial charge >= 0.3 is 5.69 Å². The van der Waals surface area contributed by atoms with E-state index in [9.17, 15) is 4.79 Å². The Morgan fingerprint density at radius 3 is 3.00 bits per heavy atom. The summed E-state index contributed by atoms with van der Waals surface area (Å²) in [5.74, 6) is 0. The van der Waals surface area contributed by atoms with Gasteiger partial charge in [-0.25, -0.2) is 14.5 Å². The zero-order valence-electron chi connectivity index (χ0n) is 8.66. The zero-order chi connectivity index (χ0) is 11.5. The van der Waals surface area contributed by atoms with Crippen LogP contribution in [0.25, 0.3) is 0 Å². The third-order valence-electron chi connectivity index (χ3n) is 2.20. The van der Waals surface area contributed by atoms with Crippen molar-refractivity contribution in [3.8, 4) is 6.07 Å². The van der Waals surface area contributed by atoms with Crippen LogP contribution < -0.4 is 5.69 Å². The van der Waals surface area contributed by atoms with Crippen molar-refractivity contribution in [2.75, 3.05) is 0 Å². The van der Waals surface area contributed by atoms with Gasteiger partial charge in [0.2, 0.25) is 0 Å². The second-order valence-corrected chi connectivity index (χ2v) is 3.31. The summed E-state index contributed by atoms with van der Waals surface area (Å²) in [6.07, 6.45) is 2.98. The van der Waals surface area contributed by atoms with Crippen molar-refractivity contribution in [3.05, 3.63) is 46.4 Å². The van der Waals surface area contributed by atoms with Gasteiger partial charge in [-0.05, 0) is 6.07 Å². The summed E-state index contributed by atoms with van der Waals surface area (Å²) in [6, 6.07) is 5.46. The lowest BCUT2D eigenvalue weighted by Crippen LogP contribution is -2.23. The van der Waals surface area contributed by atoms with Gasteiger partial charge in [0.25, 0.3) is 0 Å². The van der Waals surface area contributed by atoms with Crippen molar-refractivity contribution in [1.29, 1.82) is 5.26 Å². The van der Waals surface area contributed by atoms with E-state index in [0.29, 0.717) is 11.3 Å². The van der Waals surface area contributed by atoms with Crippen LogP contribution >= 0.6 is 0 Å². The van der Waals surface area contributed by atoms with Crippen LogP contribution in [0, 0.1) is 11.3 Å². The van der Waals surface area contributed by atoms with Crippen LogP contribution in [0.3, 0.4) is 0 Å². The first-order valence-corrected chi connectivity index (χ1v) is 4.65. The summed E-state index contributed by atoms with van der Waals surface area (Å²) in [6.45, 7) is 0.260. The first-order valence-electron chi connectivity index (χ1n) is 4.65. The molecular weight excluding hydrogens is 206 g/mol. The summed E-state index contributed by atoms with van der Waals surface area (Å²) in [7, 11) is 1.63. The number of rotatable bonds is 2. The summed E-state index contributed by atoms with van der Waals surface area (Å²) < 4.78 is 2.67. The molecule has 0 aromatic carbocycles. The fourth-order valence-electron chi connectivity index (χ4n) is 1.36. The number of hydrogen-bond donors (Lipinski definition) is 0. The standard InChI is InChI=1S/C10H9N5O/c1-14-7-13-15(10(14)16)6-8-3-2-4-12-9(8)5-11/h2-4,7H,6H2,1H3. The van der Waals surface area contributed by atoms with Gasteiger partial charge in [-0.3, -0.25) is 4.57 Å². The fourth-order valence-corrected chi connectivity index (χ4v) is 1.36. The molecule has 80 valence electrons. The van der Waals surface area contributed by atoms with Gasteiger partial charge in [-0.15, -0.1) is 0 Å². The average Bonchev–Trinajstić information content (AvgIpc) is 2.62. The van der Waals surface area contributed by atoms with Crippen LogP contribution in [0.4, 0.5) is 0 Å². The lowest BCUT2D eigenvalue weighted by atomic mass is 10.2. The molecule has 2 rings (SSSR count). The third-order valence-corrected chi connectivity index (χ3v) is 2.20. The van der Waals surface area contributed by atoms with E-state index in [-0.39, 0.29) is 12.2 Å². The van der Waals surface area contributed by atoms with E-state index in [4.69, 9.17) is 5.26 Å². The van der Waals surface area contributed by atoms with Gasteiger partial charge < -0.3 is 0 Å². The maximum Gasteiger partial charge on any atom is 0.345 e. The van der Waals surface area contributed by atoms with Crippen LogP contribution in [0.15, 0.2) is 29.5 Å². The molecule has 0 spiro atoms. The van der Waals surface area contributed by atoms with Crippen molar-refractivity contribution < 1.29 is 0 Å². The minimum absolute atomic E-state index is 0.215. The highest BCUT2D eigenvalue weighted by atomic mass is 16.2. The fraction of sp³-hybridized carbons (Fsp3) is 0.200. The average molecular weight is 215 g/mol. The Hall–Kier alpha value is -2.42. The minimum atomic E-state index is -0.215. The Morgan fingerprint density at radius 2 is 2.38 bits per heavy atom.